The molecule has 0 saturated heterocycles. The fourth-order valence-corrected chi connectivity index (χ4v) is 3.78. The largest absolute Gasteiger partial charge is 0.344 e. The van der Waals surface area contributed by atoms with Crippen molar-refractivity contribution < 1.29 is 14.4 Å². The van der Waals surface area contributed by atoms with Crippen molar-refractivity contribution in [2.75, 3.05) is 10.6 Å². The number of rotatable bonds is 7. The van der Waals surface area contributed by atoms with Crippen LogP contribution in [0.3, 0.4) is 0 Å². The van der Waals surface area contributed by atoms with E-state index >= 15 is 0 Å². The van der Waals surface area contributed by atoms with E-state index in [1.54, 1.807) is 24.3 Å². The molecule has 0 aliphatic heterocycles. The molecular weight excluding hydrogens is 378 g/mol. The number of hydrogen-bond donors (Lipinski definition) is 3. The van der Waals surface area contributed by atoms with E-state index in [1.807, 2.05) is 30.3 Å². The van der Waals surface area contributed by atoms with Crippen LogP contribution in [0.5, 0.6) is 0 Å². The highest BCUT2D eigenvalue weighted by Gasteiger charge is 2.27. The number of carbonyl (C=O) groups is 3. The van der Waals surface area contributed by atoms with Gasteiger partial charge in [-0.1, -0.05) is 49.6 Å². The van der Waals surface area contributed by atoms with Crippen molar-refractivity contribution >= 4 is 29.1 Å². The standard InChI is InChI=1S/C24H29N3O3/c1-17(28)25-20-12-14-21(15-13-20)26-24(30)22(16-18-8-4-2-5-9-18)27-23(29)19-10-6-3-7-11-19/h2,4-5,8-9,12-15,19,22H,3,6-7,10-11,16H2,1H3,(H,25,28)(H,26,30)(H,27,29)/t22-/m1/s1. The highest BCUT2D eigenvalue weighted by molar-refractivity contribution is 5.98. The summed E-state index contributed by atoms with van der Waals surface area (Å²) in [6.07, 6.45) is 5.50. The summed E-state index contributed by atoms with van der Waals surface area (Å²) >= 11 is 0. The molecule has 1 fully saturated rings. The lowest BCUT2D eigenvalue weighted by atomic mass is 9.88. The van der Waals surface area contributed by atoms with E-state index in [2.05, 4.69) is 16.0 Å². The van der Waals surface area contributed by atoms with E-state index in [-0.39, 0.29) is 23.6 Å². The zero-order chi connectivity index (χ0) is 21.3. The second-order valence-electron chi connectivity index (χ2n) is 7.83. The molecule has 0 spiro atoms. The molecule has 3 rings (SSSR count). The van der Waals surface area contributed by atoms with Crippen LogP contribution in [0.4, 0.5) is 11.4 Å². The molecule has 0 radical (unpaired) electrons. The van der Waals surface area contributed by atoms with Crippen LogP contribution in [0.25, 0.3) is 0 Å². The molecule has 1 saturated carbocycles. The second-order valence-corrected chi connectivity index (χ2v) is 7.83. The molecule has 6 nitrogen and oxygen atoms in total. The smallest absolute Gasteiger partial charge is 0.247 e. The van der Waals surface area contributed by atoms with Gasteiger partial charge >= 0.3 is 0 Å². The number of benzene rings is 2. The minimum absolute atomic E-state index is 0.0123. The summed E-state index contributed by atoms with van der Waals surface area (Å²) in [5.74, 6) is -0.455. The van der Waals surface area contributed by atoms with E-state index < -0.39 is 6.04 Å². The molecule has 0 aromatic heterocycles. The van der Waals surface area contributed by atoms with Crippen LogP contribution in [-0.4, -0.2) is 23.8 Å². The molecule has 158 valence electrons. The van der Waals surface area contributed by atoms with Gasteiger partial charge in [0.1, 0.15) is 6.04 Å². The third-order valence-electron chi connectivity index (χ3n) is 5.36. The van der Waals surface area contributed by atoms with Crippen LogP contribution in [0.2, 0.25) is 0 Å². The number of amides is 3. The first-order chi connectivity index (χ1) is 14.5. The summed E-state index contributed by atoms with van der Waals surface area (Å²) in [5.41, 5.74) is 2.26. The average Bonchev–Trinajstić information content (AvgIpc) is 2.75. The Bertz CT molecular complexity index is 859. The predicted molar refractivity (Wildman–Crippen MR) is 118 cm³/mol. The van der Waals surface area contributed by atoms with Crippen molar-refractivity contribution in [1.29, 1.82) is 0 Å². The molecule has 1 atom stereocenters. The fraction of sp³-hybridized carbons (Fsp3) is 0.375. The highest BCUT2D eigenvalue weighted by atomic mass is 16.2. The Kier molecular flexibility index (Phi) is 7.60. The van der Waals surface area contributed by atoms with E-state index in [0.717, 1.165) is 31.2 Å². The lowest BCUT2D eigenvalue weighted by Gasteiger charge is -2.25. The Morgan fingerprint density at radius 2 is 1.47 bits per heavy atom. The molecule has 3 N–H and O–H groups in total. The molecule has 1 aliphatic carbocycles. The van der Waals surface area contributed by atoms with E-state index in [0.29, 0.717) is 17.8 Å². The Hall–Kier alpha value is -3.15. The summed E-state index contributed by atoms with van der Waals surface area (Å²) < 4.78 is 0. The van der Waals surface area contributed by atoms with Gasteiger partial charge in [0.25, 0.3) is 0 Å². The van der Waals surface area contributed by atoms with Crippen LogP contribution in [-0.2, 0) is 20.8 Å². The van der Waals surface area contributed by atoms with E-state index in [4.69, 9.17) is 0 Å². The van der Waals surface area contributed by atoms with Gasteiger partial charge in [-0.3, -0.25) is 14.4 Å². The summed E-state index contributed by atoms with van der Waals surface area (Å²) in [6, 6.07) is 15.9. The molecule has 0 unspecified atom stereocenters. The van der Waals surface area contributed by atoms with Crippen molar-refractivity contribution in [2.45, 2.75) is 51.5 Å². The topological polar surface area (TPSA) is 87.3 Å². The molecule has 2 aromatic carbocycles. The maximum absolute atomic E-state index is 13.0. The minimum Gasteiger partial charge on any atom is -0.344 e. The Morgan fingerprint density at radius 1 is 0.867 bits per heavy atom. The quantitative estimate of drug-likeness (QED) is 0.651. The fourth-order valence-electron chi connectivity index (χ4n) is 3.78. The van der Waals surface area contributed by atoms with E-state index in [1.165, 1.54) is 13.3 Å². The normalized spacial score (nSPS) is 15.1. The predicted octanol–water partition coefficient (Wildman–Crippen LogP) is 3.89. The first-order valence-corrected chi connectivity index (χ1v) is 10.5. The number of nitrogens with one attached hydrogen (secondary N) is 3. The van der Waals surface area contributed by atoms with Crippen LogP contribution in [0.1, 0.15) is 44.6 Å². The number of hydrogen-bond acceptors (Lipinski definition) is 3. The number of anilines is 2. The molecule has 2 aromatic rings. The van der Waals surface area contributed by atoms with Gasteiger partial charge in [0, 0.05) is 30.6 Å². The van der Waals surface area contributed by atoms with Crippen LogP contribution >= 0.6 is 0 Å². The zero-order valence-electron chi connectivity index (χ0n) is 17.3. The Morgan fingerprint density at radius 3 is 2.07 bits per heavy atom. The summed E-state index contributed by atoms with van der Waals surface area (Å²) in [6.45, 7) is 1.44. The number of carbonyl (C=O) groups excluding carboxylic acids is 3. The lowest BCUT2D eigenvalue weighted by molar-refractivity contribution is -0.130. The van der Waals surface area contributed by atoms with Gasteiger partial charge in [0.2, 0.25) is 17.7 Å². The van der Waals surface area contributed by atoms with Crippen molar-refractivity contribution in [3.63, 3.8) is 0 Å². The molecular formula is C24H29N3O3. The first-order valence-electron chi connectivity index (χ1n) is 10.5. The van der Waals surface area contributed by atoms with Gasteiger partial charge in [0.05, 0.1) is 0 Å². The second kappa shape index (κ2) is 10.6. The minimum atomic E-state index is -0.656. The van der Waals surface area contributed by atoms with Crippen LogP contribution < -0.4 is 16.0 Å². The zero-order valence-corrected chi connectivity index (χ0v) is 17.3. The molecule has 3 amide bonds. The summed E-state index contributed by atoms with van der Waals surface area (Å²) in [5, 5.41) is 8.56. The first kappa shape index (κ1) is 21.6. The van der Waals surface area contributed by atoms with Crippen molar-refractivity contribution in [2.24, 2.45) is 5.92 Å². The van der Waals surface area contributed by atoms with E-state index in [9.17, 15) is 14.4 Å². The molecule has 30 heavy (non-hydrogen) atoms. The SMILES string of the molecule is CC(=O)Nc1ccc(NC(=O)[C@@H](Cc2ccccc2)NC(=O)C2CCCCC2)cc1. The Labute approximate surface area is 177 Å². The summed E-state index contributed by atoms with van der Waals surface area (Å²) in [4.78, 5) is 36.9. The molecule has 6 heteroatoms. The molecule has 0 heterocycles. The average molecular weight is 408 g/mol. The van der Waals surface area contributed by atoms with Gasteiger partial charge in [-0.25, -0.2) is 0 Å². The van der Waals surface area contributed by atoms with Crippen LogP contribution in [0.15, 0.2) is 54.6 Å². The molecule has 1 aliphatic rings. The van der Waals surface area contributed by atoms with Gasteiger partial charge in [-0.2, -0.15) is 0 Å². The van der Waals surface area contributed by atoms with Crippen molar-refractivity contribution in [3.8, 4) is 0 Å². The van der Waals surface area contributed by atoms with Gasteiger partial charge in [0.15, 0.2) is 0 Å². The van der Waals surface area contributed by atoms with Crippen LogP contribution in [0, 0.1) is 5.92 Å². The van der Waals surface area contributed by atoms with Gasteiger partial charge < -0.3 is 16.0 Å². The Balaban J connectivity index is 1.68. The van der Waals surface area contributed by atoms with Crippen molar-refractivity contribution in [3.05, 3.63) is 60.2 Å². The maximum Gasteiger partial charge on any atom is 0.247 e. The van der Waals surface area contributed by atoms with Crippen molar-refractivity contribution in [1.82, 2.24) is 5.32 Å². The van der Waals surface area contributed by atoms with Gasteiger partial charge in [-0.15, -0.1) is 0 Å². The monoisotopic (exact) mass is 407 g/mol. The highest BCUT2D eigenvalue weighted by Crippen LogP contribution is 2.24. The maximum atomic E-state index is 13.0. The third kappa shape index (κ3) is 6.44. The third-order valence-corrected chi connectivity index (χ3v) is 5.36. The molecule has 0 bridgehead atoms. The summed E-state index contributed by atoms with van der Waals surface area (Å²) in [7, 11) is 0. The lowest BCUT2D eigenvalue weighted by Crippen LogP contribution is -2.47. The van der Waals surface area contributed by atoms with Gasteiger partial charge in [-0.05, 0) is 42.7 Å².